The third-order valence-electron chi connectivity index (χ3n) is 3.69. The Morgan fingerprint density at radius 1 is 0.952 bits per heavy atom. The normalized spacial score (nSPS) is 14.4. The molecule has 0 rings (SSSR count). The van der Waals surface area contributed by atoms with E-state index in [1.54, 1.807) is 0 Å². The minimum atomic E-state index is -1.95. The van der Waals surface area contributed by atoms with E-state index in [1.165, 1.54) is 32.1 Å². The molecule has 0 bridgehead atoms. The fourth-order valence-electron chi connectivity index (χ4n) is 2.15. The molecule has 0 saturated carbocycles. The summed E-state index contributed by atoms with van der Waals surface area (Å²) in [4.78, 5) is 0. The monoisotopic (exact) mass is 364 g/mol. The van der Waals surface area contributed by atoms with Crippen LogP contribution in [0.5, 0.6) is 0 Å². The number of hydrogen-bond acceptors (Lipinski definition) is 3. The summed E-state index contributed by atoms with van der Waals surface area (Å²) in [6, 6.07) is 0. The maximum atomic E-state index is 11.7. The van der Waals surface area contributed by atoms with Gasteiger partial charge in [-0.05, 0) is 25.7 Å². The van der Waals surface area contributed by atoms with Crippen LogP contribution in [-0.4, -0.2) is 12.7 Å². The molecule has 3 atom stereocenters. The molecule has 0 aliphatic heterocycles. The summed E-state index contributed by atoms with van der Waals surface area (Å²) >= 11 is 0. The van der Waals surface area contributed by atoms with Gasteiger partial charge in [0.15, 0.2) is 0 Å². The summed E-state index contributed by atoms with van der Waals surface area (Å²) in [6.45, 7) is 9.10. The van der Waals surface area contributed by atoms with Gasteiger partial charge in [0.25, 0.3) is 0 Å². The predicted octanol–water partition coefficient (Wildman–Crippen LogP) is 6.25. The fraction of sp³-hybridized carbons (Fsp3) is 1.00. The van der Waals surface area contributed by atoms with E-state index in [1.807, 2.05) is 6.92 Å². The summed E-state index contributed by atoms with van der Waals surface area (Å²) in [7, 11) is -1.95. The van der Waals surface area contributed by atoms with Crippen LogP contribution in [0.15, 0.2) is 0 Å². The predicted molar refractivity (Wildman–Crippen MR) is 86.2 cm³/mol. The Bertz CT molecular complexity index is 240. The fourth-order valence-corrected chi connectivity index (χ4v) is 2.95. The van der Waals surface area contributed by atoms with Crippen LogP contribution in [-0.2, 0) is 30.4 Å². The number of rotatable bonds is 14. The van der Waals surface area contributed by atoms with Crippen molar-refractivity contribution in [2.45, 2.75) is 91.6 Å². The molecule has 0 fully saturated rings. The van der Waals surface area contributed by atoms with Gasteiger partial charge in [-0.1, -0.05) is 65.7 Å². The zero-order chi connectivity index (χ0) is 15.2. The third kappa shape index (κ3) is 15.2. The van der Waals surface area contributed by atoms with Crippen LogP contribution in [0.25, 0.3) is 0 Å². The maximum Gasteiger partial charge on any atom is 2.00 e. The first kappa shape index (κ1) is 23.8. The summed E-state index contributed by atoms with van der Waals surface area (Å²) < 4.78 is 22.5. The Balaban J connectivity index is 0. The van der Waals surface area contributed by atoms with Crippen LogP contribution in [0, 0.1) is 5.92 Å². The Kier molecular flexibility index (Phi) is 19.1. The van der Waals surface area contributed by atoms with Crippen molar-refractivity contribution in [3.05, 3.63) is 0 Å². The molecule has 0 N–H and O–H groups in total. The van der Waals surface area contributed by atoms with E-state index in [0.717, 1.165) is 25.7 Å². The molecule has 21 heavy (non-hydrogen) atoms. The molecule has 5 heteroatoms. The molecule has 3 unspecified atom stereocenters. The number of unbranched alkanes of at least 4 members (excludes halogenated alkanes) is 4. The molecule has 0 saturated heterocycles. The van der Waals surface area contributed by atoms with Gasteiger partial charge < -0.3 is 0 Å². The maximum absolute atomic E-state index is 11.7. The molecule has 0 aliphatic carbocycles. The second kappa shape index (κ2) is 16.9. The Hall–Kier alpha value is 0.526. The molecule has 0 heterocycles. The van der Waals surface area contributed by atoms with Crippen molar-refractivity contribution in [2.75, 3.05) is 6.61 Å². The van der Waals surface area contributed by atoms with E-state index < -0.39 is 8.25 Å². The molecule has 0 aromatic rings. The van der Waals surface area contributed by atoms with Crippen LogP contribution in [0.1, 0.15) is 85.5 Å². The van der Waals surface area contributed by atoms with Crippen LogP contribution in [0.3, 0.4) is 0 Å². The van der Waals surface area contributed by atoms with Crippen molar-refractivity contribution >= 4 is 8.25 Å². The first-order valence-electron chi connectivity index (χ1n) is 8.40. The summed E-state index contributed by atoms with van der Waals surface area (Å²) in [5.41, 5.74) is 0. The van der Waals surface area contributed by atoms with Crippen molar-refractivity contribution < 1.29 is 30.4 Å². The van der Waals surface area contributed by atoms with Gasteiger partial charge >= 0.3 is 25.0 Å². The van der Waals surface area contributed by atoms with E-state index in [2.05, 4.69) is 20.8 Å². The van der Waals surface area contributed by atoms with Gasteiger partial charge in [0, 0.05) is 4.57 Å². The van der Waals surface area contributed by atoms with E-state index in [4.69, 9.17) is 9.05 Å². The van der Waals surface area contributed by atoms with Gasteiger partial charge in [-0.2, -0.15) is 0 Å². The summed E-state index contributed by atoms with van der Waals surface area (Å²) in [6.07, 6.45) is 10.5. The van der Waals surface area contributed by atoms with Crippen LogP contribution in [0.4, 0.5) is 0 Å². The van der Waals surface area contributed by atoms with Crippen molar-refractivity contribution in [2.24, 2.45) is 5.92 Å². The third-order valence-corrected chi connectivity index (χ3v) is 4.58. The number of hydrogen-bond donors (Lipinski definition) is 0. The standard InChI is InChI=1S/C16H34O3P.Co/c1-5-8-10-11-12-15(4)19-20(17)18-14-16(7-3)13-9-6-2;/h15-16H,5-14H2,1-4H3;/q+1;+2. The van der Waals surface area contributed by atoms with Crippen molar-refractivity contribution in [1.82, 2.24) is 0 Å². The first-order valence-corrected chi connectivity index (χ1v) is 9.50. The SMILES string of the molecule is CCCCCCC(C)O[P+](=O)OCC(CC)CCCC.[Co+2]. The average Bonchev–Trinajstić information content (AvgIpc) is 2.44. The Morgan fingerprint density at radius 2 is 1.62 bits per heavy atom. The topological polar surface area (TPSA) is 35.5 Å². The molecule has 0 aromatic heterocycles. The zero-order valence-corrected chi connectivity index (χ0v) is 16.2. The van der Waals surface area contributed by atoms with E-state index in [-0.39, 0.29) is 22.9 Å². The van der Waals surface area contributed by atoms with Crippen LogP contribution in [0.2, 0.25) is 0 Å². The van der Waals surface area contributed by atoms with Gasteiger partial charge in [-0.15, -0.1) is 9.05 Å². The molecule has 3 nitrogen and oxygen atoms in total. The second-order valence-electron chi connectivity index (χ2n) is 5.70. The summed E-state index contributed by atoms with van der Waals surface area (Å²) in [5, 5.41) is 0. The van der Waals surface area contributed by atoms with Crippen LogP contribution < -0.4 is 0 Å². The van der Waals surface area contributed by atoms with Crippen molar-refractivity contribution in [3.63, 3.8) is 0 Å². The van der Waals surface area contributed by atoms with E-state index in [0.29, 0.717) is 12.5 Å². The smallest absolute Gasteiger partial charge is 0.119 e. The molecule has 0 spiro atoms. The van der Waals surface area contributed by atoms with Gasteiger partial charge in [-0.3, -0.25) is 0 Å². The molecule has 1 radical (unpaired) electrons. The first-order chi connectivity index (χ1) is 9.63. The van der Waals surface area contributed by atoms with E-state index >= 15 is 0 Å². The average molecular weight is 364 g/mol. The summed E-state index contributed by atoms with van der Waals surface area (Å²) in [5.74, 6) is 0.511. The Morgan fingerprint density at radius 3 is 2.19 bits per heavy atom. The van der Waals surface area contributed by atoms with Gasteiger partial charge in [0.1, 0.15) is 12.7 Å². The van der Waals surface area contributed by atoms with Gasteiger partial charge in [0.2, 0.25) is 0 Å². The molecule has 0 aliphatic rings. The second-order valence-corrected chi connectivity index (χ2v) is 6.62. The van der Waals surface area contributed by atoms with Crippen molar-refractivity contribution in [3.8, 4) is 0 Å². The minimum absolute atomic E-state index is 0. The largest absolute Gasteiger partial charge is 2.00 e. The molecular weight excluding hydrogens is 330 g/mol. The van der Waals surface area contributed by atoms with Crippen LogP contribution >= 0.6 is 8.25 Å². The Labute approximate surface area is 143 Å². The zero-order valence-electron chi connectivity index (χ0n) is 14.2. The molecule has 0 amide bonds. The molecular formula is C16H34CoO3P+3. The van der Waals surface area contributed by atoms with Crippen molar-refractivity contribution in [1.29, 1.82) is 0 Å². The van der Waals surface area contributed by atoms with Gasteiger partial charge in [0.05, 0.1) is 0 Å². The van der Waals surface area contributed by atoms with Gasteiger partial charge in [-0.25, -0.2) is 0 Å². The quantitative estimate of drug-likeness (QED) is 0.270. The molecule has 127 valence electrons. The minimum Gasteiger partial charge on any atom is -0.119 e. The molecule has 0 aromatic carbocycles. The van der Waals surface area contributed by atoms with E-state index in [9.17, 15) is 4.57 Å².